The molecule has 144 heavy (non-hydrogen) atoms. The highest BCUT2D eigenvalue weighted by Gasteiger charge is 2.40. The van der Waals surface area contributed by atoms with Crippen molar-refractivity contribution in [1.82, 2.24) is 20.4 Å². The average Bonchev–Trinajstić information content (AvgIpc) is 0.678. The van der Waals surface area contributed by atoms with Gasteiger partial charge in [-0.15, -0.1) is 0 Å². The van der Waals surface area contributed by atoms with E-state index in [4.69, 9.17) is 37.9 Å². The number of ether oxygens (including phenoxy) is 8. The quantitative estimate of drug-likeness (QED) is 0.0157. The molecule has 9 aromatic rings. The minimum atomic E-state index is -0.582. The molecule has 0 saturated carbocycles. The lowest BCUT2D eigenvalue weighted by atomic mass is 9.81. The number of nitrogens with one attached hydrogen (secondary N) is 2. The SMILES string of the molecule is CCCCCCCCCCCCOc1cc(C(=O)NCCN2C(=O)c3ccc4c5c(Oc6ccccc6)cc6c7c(ccc(c8c(Oc9ccccc9)cc(c3c48)C2=O)c75)C(=O)N(CCNC(=O)c2cc(OCCCCCCCCCCCC)c(OCCCCCCCCCCCC)c(OCCCCCCCCCCCC)c2)C6=O)cc(OCCCCCCCCCCCC)c1OCCCCCCCCCCCC. The van der Waals surface area contributed by atoms with Crippen LogP contribution in [-0.2, 0) is 0 Å². The van der Waals surface area contributed by atoms with Crippen molar-refractivity contribution < 1.29 is 66.7 Å². The molecule has 0 saturated heterocycles. The third-order valence-electron chi connectivity index (χ3n) is 29.2. The molecule has 0 bridgehead atoms. The first kappa shape index (κ1) is 114. The maximum absolute atomic E-state index is 15.8. The lowest BCUT2D eigenvalue weighted by molar-refractivity contribution is 0.0594. The molecule has 0 fully saturated rings. The fourth-order valence-corrected chi connectivity index (χ4v) is 20.8. The Morgan fingerprint density at radius 1 is 0.229 bits per heavy atom. The second kappa shape index (κ2) is 66.9. The molecule has 2 aliphatic heterocycles. The Bertz CT molecular complexity index is 4850. The molecule has 0 aromatic heterocycles. The number of amides is 6. The number of rotatable bonds is 84. The number of carbonyl (C=O) groups is 6. The van der Waals surface area contributed by atoms with Crippen molar-refractivity contribution in [3.63, 3.8) is 0 Å². The highest BCUT2D eigenvalue weighted by atomic mass is 16.6. The standard InChI is InChI=1S/C126H180N4O14/c1-7-13-19-25-31-37-43-49-55-67-85-137-109-91-97(92-110(138-86-68-56-50-44-38-32-26-20-14-8-2)119(109)141-89-71-59-53-47-41-35-29-23-17-11-5)121(131)127-81-83-129-123(133)103-79-77-101-116-108(144-100-75-65-62-66-76-100)96-106-114-104(80-78-102(118(114)116)115-107(143-99-73-63-61-64-74-99)95-105(125(129)135)113(103)117(101)115)124(134)130(126(106)136)84-82-128-122(132)98-93-111(139-87-69-57-51-45-39-33-27-21-15-9-3)120(142-90-72-60-54-48-42-36-30-24-18-12-6)112(94-98)140-88-70-58-52-46-40-34-28-22-16-10-4/h61-66,73-80,91-96H,7-60,67-72,81-90H2,1-6H3,(H,127,131)(H,128,132). The number of benzene rings is 9. The Balaban J connectivity index is 0.856. The summed E-state index contributed by atoms with van der Waals surface area (Å²) in [5, 5.41) is 10.3. The number of hydrogen-bond acceptors (Lipinski definition) is 14. The van der Waals surface area contributed by atoms with Crippen molar-refractivity contribution in [2.75, 3.05) is 65.8 Å². The summed E-state index contributed by atoms with van der Waals surface area (Å²) in [6.07, 6.45) is 71.4. The minimum absolute atomic E-state index is 0.0842. The Kier molecular flexibility index (Phi) is 53.1. The van der Waals surface area contributed by atoms with E-state index in [2.05, 4.69) is 52.2 Å². The van der Waals surface area contributed by atoms with E-state index in [9.17, 15) is 9.59 Å². The summed E-state index contributed by atoms with van der Waals surface area (Å²) in [5.74, 6) is 1.30. The van der Waals surface area contributed by atoms with E-state index in [0.29, 0.717) is 151 Å². The molecule has 18 heteroatoms. The van der Waals surface area contributed by atoms with Crippen LogP contribution in [0.1, 0.15) is 489 Å². The second-order valence-electron chi connectivity index (χ2n) is 41.1. The average molecular weight is 1970 g/mol. The Hall–Kier alpha value is -10.1. The van der Waals surface area contributed by atoms with Gasteiger partial charge in [-0.3, -0.25) is 38.6 Å². The van der Waals surface area contributed by atoms with Gasteiger partial charge in [-0.05, 0) is 122 Å². The van der Waals surface area contributed by atoms with Gasteiger partial charge in [-0.2, -0.15) is 0 Å². The molecule has 18 nitrogen and oxygen atoms in total. The molecule has 0 radical (unpaired) electrons. The molecule has 11 rings (SSSR count). The number of para-hydroxylation sites is 2. The smallest absolute Gasteiger partial charge is 0.261 e. The highest BCUT2D eigenvalue weighted by Crippen LogP contribution is 2.54. The zero-order valence-electron chi connectivity index (χ0n) is 89.7. The fourth-order valence-electron chi connectivity index (χ4n) is 20.8. The Morgan fingerprint density at radius 3 is 0.694 bits per heavy atom. The van der Waals surface area contributed by atoms with Crippen LogP contribution < -0.4 is 48.5 Å². The summed E-state index contributed by atoms with van der Waals surface area (Å²) < 4.78 is 54.3. The van der Waals surface area contributed by atoms with Gasteiger partial charge in [0, 0.05) is 80.8 Å². The van der Waals surface area contributed by atoms with Crippen LogP contribution in [0.4, 0.5) is 0 Å². The van der Waals surface area contributed by atoms with Crippen LogP contribution in [0.15, 0.2) is 121 Å². The van der Waals surface area contributed by atoms with E-state index in [1.807, 2.05) is 72.8 Å². The first-order valence-corrected chi connectivity index (χ1v) is 58.1. The predicted octanol–water partition coefficient (Wildman–Crippen LogP) is 35.2. The van der Waals surface area contributed by atoms with Crippen LogP contribution in [-0.4, -0.2) is 111 Å². The van der Waals surface area contributed by atoms with Gasteiger partial charge in [0.25, 0.3) is 35.4 Å². The van der Waals surface area contributed by atoms with Gasteiger partial charge in [0.1, 0.15) is 23.0 Å². The monoisotopic (exact) mass is 1970 g/mol. The summed E-state index contributed by atoms with van der Waals surface area (Å²) >= 11 is 0. The van der Waals surface area contributed by atoms with Gasteiger partial charge < -0.3 is 48.5 Å². The van der Waals surface area contributed by atoms with Crippen LogP contribution in [0.2, 0.25) is 0 Å². The number of unbranched alkanes of at least 4 members (excludes halogenated alkanes) is 54. The van der Waals surface area contributed by atoms with Crippen LogP contribution >= 0.6 is 0 Å². The largest absolute Gasteiger partial charge is 0.490 e. The molecule has 0 aliphatic carbocycles. The van der Waals surface area contributed by atoms with E-state index in [-0.39, 0.29) is 48.4 Å². The van der Waals surface area contributed by atoms with Crippen LogP contribution in [0.25, 0.3) is 43.1 Å². The third-order valence-corrected chi connectivity index (χ3v) is 29.2. The molecule has 0 spiro atoms. The second-order valence-corrected chi connectivity index (χ2v) is 41.1. The van der Waals surface area contributed by atoms with Crippen molar-refractivity contribution in [1.29, 1.82) is 0 Å². The topological polar surface area (TPSA) is 207 Å². The van der Waals surface area contributed by atoms with Gasteiger partial charge in [0.2, 0.25) is 11.5 Å². The van der Waals surface area contributed by atoms with E-state index >= 15 is 19.2 Å². The molecular weight excluding hydrogens is 1790 g/mol. The van der Waals surface area contributed by atoms with Gasteiger partial charge >= 0.3 is 0 Å². The summed E-state index contributed by atoms with van der Waals surface area (Å²) in [6.45, 7) is 15.8. The van der Waals surface area contributed by atoms with Gasteiger partial charge in [0.05, 0.1) is 50.8 Å². The van der Waals surface area contributed by atoms with Crippen LogP contribution in [0.5, 0.6) is 57.5 Å². The summed E-state index contributed by atoms with van der Waals surface area (Å²) in [7, 11) is 0. The number of imide groups is 2. The Labute approximate surface area is 865 Å². The number of nitrogens with zero attached hydrogens (tertiary/aromatic N) is 2. The van der Waals surface area contributed by atoms with Gasteiger partial charge in [0.15, 0.2) is 23.0 Å². The minimum Gasteiger partial charge on any atom is -0.490 e. The maximum Gasteiger partial charge on any atom is 0.261 e. The molecule has 2 N–H and O–H groups in total. The van der Waals surface area contributed by atoms with Gasteiger partial charge in [-0.25, -0.2) is 0 Å². The predicted molar refractivity (Wildman–Crippen MR) is 593 cm³/mol. The molecule has 0 unspecified atom stereocenters. The molecular formula is C126H180N4O14. The molecule has 2 aliphatic rings. The number of hydrogen-bond donors (Lipinski definition) is 2. The molecule has 9 aromatic carbocycles. The van der Waals surface area contributed by atoms with Crippen molar-refractivity contribution in [3.05, 3.63) is 155 Å². The number of fused-ring (bicyclic) bond motifs is 2. The van der Waals surface area contributed by atoms with E-state index < -0.39 is 35.4 Å². The van der Waals surface area contributed by atoms with E-state index in [1.54, 1.807) is 48.5 Å². The maximum atomic E-state index is 15.8. The zero-order chi connectivity index (χ0) is 101. The highest BCUT2D eigenvalue weighted by molar-refractivity contribution is 6.43. The fraction of sp³-hybridized carbons (Fsp3) is 0.603. The third kappa shape index (κ3) is 36.2. The summed E-state index contributed by atoms with van der Waals surface area (Å²) in [4.78, 5) is 95.0. The van der Waals surface area contributed by atoms with Crippen molar-refractivity contribution in [2.45, 2.75) is 427 Å². The molecule has 2 heterocycles. The van der Waals surface area contributed by atoms with Crippen molar-refractivity contribution >= 4 is 78.5 Å². The Morgan fingerprint density at radius 2 is 0.451 bits per heavy atom. The van der Waals surface area contributed by atoms with Crippen molar-refractivity contribution in [3.8, 4) is 57.5 Å². The summed E-state index contributed by atoms with van der Waals surface area (Å²) in [6, 6.07) is 36.2. The number of carbonyl (C=O) groups excluding carboxylic acids is 6. The molecule has 0 atom stereocenters. The van der Waals surface area contributed by atoms with Gasteiger partial charge in [-0.1, -0.05) is 437 Å². The van der Waals surface area contributed by atoms with Crippen LogP contribution in [0.3, 0.4) is 0 Å². The lowest BCUT2D eigenvalue weighted by Crippen LogP contribution is -2.44. The lowest BCUT2D eigenvalue weighted by Gasteiger charge is -2.31. The van der Waals surface area contributed by atoms with E-state index in [1.165, 1.54) is 279 Å². The zero-order valence-corrected chi connectivity index (χ0v) is 89.7. The van der Waals surface area contributed by atoms with Crippen LogP contribution in [0, 0.1) is 0 Å². The van der Waals surface area contributed by atoms with E-state index in [0.717, 1.165) is 116 Å². The first-order valence-electron chi connectivity index (χ1n) is 58.1. The molecule has 788 valence electrons. The normalized spacial score (nSPS) is 12.5. The summed E-state index contributed by atoms with van der Waals surface area (Å²) in [5.41, 5.74) is 1.56. The first-order chi connectivity index (χ1) is 70.9. The molecule has 6 amide bonds. The van der Waals surface area contributed by atoms with Crippen molar-refractivity contribution in [2.24, 2.45) is 0 Å².